The van der Waals surface area contributed by atoms with E-state index in [2.05, 4.69) is 163 Å². The minimum Gasteiger partial charge on any atom is -0.311 e. The molecule has 0 N–H and O–H groups in total. The molecule has 1 heterocycles. The molecule has 0 amide bonds. The Hall–Kier alpha value is -5.51. The molecular formula is C41H26N2S. The fourth-order valence-corrected chi connectivity index (χ4v) is 7.67. The van der Waals surface area contributed by atoms with Gasteiger partial charge >= 0.3 is 0 Å². The summed E-state index contributed by atoms with van der Waals surface area (Å²) in [6.45, 7) is 0. The van der Waals surface area contributed by atoms with Crippen molar-refractivity contribution in [3.8, 4) is 43.4 Å². The summed E-state index contributed by atoms with van der Waals surface area (Å²) in [6, 6.07) is 56.4. The number of anilines is 3. The normalized spacial score (nSPS) is 11.6. The zero-order valence-electron chi connectivity index (χ0n) is 23.8. The Balaban J connectivity index is 1.09. The van der Waals surface area contributed by atoms with Crippen molar-refractivity contribution in [3.63, 3.8) is 0 Å². The summed E-state index contributed by atoms with van der Waals surface area (Å²) in [4.78, 5) is 8.82. The lowest BCUT2D eigenvalue weighted by molar-refractivity contribution is 1.28. The molecular weight excluding hydrogens is 553 g/mol. The van der Waals surface area contributed by atoms with E-state index < -0.39 is 0 Å². The average molecular weight is 579 g/mol. The lowest BCUT2D eigenvalue weighted by Crippen LogP contribution is -2.09. The third-order valence-electron chi connectivity index (χ3n) is 8.63. The Morgan fingerprint density at radius 3 is 1.80 bits per heavy atom. The number of hydrogen-bond acceptors (Lipinski definition) is 3. The van der Waals surface area contributed by atoms with Crippen LogP contribution in [0.5, 0.6) is 0 Å². The molecule has 1 aliphatic carbocycles. The smallest absolute Gasteiger partial charge is 0.124 e. The Morgan fingerprint density at radius 1 is 0.455 bits per heavy atom. The van der Waals surface area contributed by atoms with Crippen LogP contribution in [0.15, 0.2) is 158 Å². The van der Waals surface area contributed by atoms with Crippen LogP contribution >= 0.6 is 11.3 Å². The first-order chi connectivity index (χ1) is 21.8. The predicted octanol–water partition coefficient (Wildman–Crippen LogP) is 11.9. The lowest BCUT2D eigenvalue weighted by Gasteiger charge is -2.25. The molecule has 0 bridgehead atoms. The summed E-state index contributed by atoms with van der Waals surface area (Å²) in [7, 11) is 0. The zero-order chi connectivity index (χ0) is 29.0. The van der Waals surface area contributed by atoms with Gasteiger partial charge in [-0.2, -0.15) is 0 Å². The van der Waals surface area contributed by atoms with Gasteiger partial charge < -0.3 is 4.90 Å². The van der Waals surface area contributed by atoms with E-state index in [0.717, 1.165) is 33.3 Å². The van der Waals surface area contributed by atoms with Crippen LogP contribution < -0.4 is 4.90 Å². The monoisotopic (exact) mass is 578 g/mol. The van der Waals surface area contributed by atoms with Crippen LogP contribution in [-0.4, -0.2) is 4.98 Å². The molecule has 206 valence electrons. The molecule has 0 aliphatic heterocycles. The Bertz CT molecular complexity index is 2300. The highest BCUT2D eigenvalue weighted by atomic mass is 32.1. The van der Waals surface area contributed by atoms with E-state index in [1.807, 2.05) is 0 Å². The molecule has 0 saturated heterocycles. The molecule has 0 saturated carbocycles. The quantitative estimate of drug-likeness (QED) is 0.189. The molecule has 0 radical (unpaired) electrons. The molecule has 0 spiro atoms. The highest BCUT2D eigenvalue weighted by Gasteiger charge is 2.27. The standard InChI is InChI=1S/C41H26N2S/c1-3-10-27(11-4-1)28-18-22-32(23-19-28)43(31-13-5-2-6-14-31)33-24-20-29(21-25-33)41-42-39-37-26-30-12-7-8-15-34(30)35-16-9-17-36(38(35)37)40(39)44-41/h1-26H. The minimum absolute atomic E-state index is 1.05. The van der Waals surface area contributed by atoms with E-state index in [4.69, 9.17) is 4.98 Å². The molecule has 9 rings (SSSR count). The SMILES string of the molecule is c1ccc(-c2ccc(N(c3ccccc3)c3ccc(-c4nc5c(s4)-c4cccc6c4c-5cc4ccccc46)cc3)cc2)cc1. The van der Waals surface area contributed by atoms with E-state index in [9.17, 15) is 0 Å². The zero-order valence-corrected chi connectivity index (χ0v) is 24.6. The van der Waals surface area contributed by atoms with E-state index in [1.54, 1.807) is 11.3 Å². The number of thiazole rings is 1. The Labute approximate surface area is 260 Å². The van der Waals surface area contributed by atoms with Gasteiger partial charge in [0.25, 0.3) is 0 Å². The first-order valence-corrected chi connectivity index (χ1v) is 15.7. The maximum Gasteiger partial charge on any atom is 0.124 e. The maximum absolute atomic E-state index is 5.24. The van der Waals surface area contributed by atoms with Crippen LogP contribution in [0.2, 0.25) is 0 Å². The summed E-state index contributed by atoms with van der Waals surface area (Å²) in [5.74, 6) is 0. The highest BCUT2D eigenvalue weighted by Crippen LogP contribution is 2.52. The summed E-state index contributed by atoms with van der Waals surface area (Å²) in [5.41, 5.74) is 10.6. The van der Waals surface area contributed by atoms with Crippen LogP contribution in [0, 0.1) is 0 Å². The Kier molecular flexibility index (Phi) is 5.71. The molecule has 44 heavy (non-hydrogen) atoms. The van der Waals surface area contributed by atoms with Gasteiger partial charge in [-0.05, 0) is 81.9 Å². The van der Waals surface area contributed by atoms with Gasteiger partial charge in [0.1, 0.15) is 5.01 Å². The largest absolute Gasteiger partial charge is 0.311 e. The molecule has 0 fully saturated rings. The van der Waals surface area contributed by atoms with Gasteiger partial charge in [-0.15, -0.1) is 11.3 Å². The van der Waals surface area contributed by atoms with Gasteiger partial charge in [-0.25, -0.2) is 4.98 Å². The van der Waals surface area contributed by atoms with Gasteiger partial charge in [-0.1, -0.05) is 103 Å². The van der Waals surface area contributed by atoms with Crippen molar-refractivity contribution in [2.75, 3.05) is 4.90 Å². The van der Waals surface area contributed by atoms with Crippen molar-refractivity contribution in [2.24, 2.45) is 0 Å². The van der Waals surface area contributed by atoms with Crippen LogP contribution in [0.25, 0.3) is 64.9 Å². The molecule has 2 nitrogen and oxygen atoms in total. The summed E-state index contributed by atoms with van der Waals surface area (Å²) >= 11 is 1.79. The fourth-order valence-electron chi connectivity index (χ4n) is 6.56. The van der Waals surface area contributed by atoms with Crippen LogP contribution in [-0.2, 0) is 0 Å². The number of aromatic nitrogens is 1. The van der Waals surface area contributed by atoms with E-state index in [-0.39, 0.29) is 0 Å². The van der Waals surface area contributed by atoms with Gasteiger partial charge in [0.2, 0.25) is 0 Å². The van der Waals surface area contributed by atoms with Crippen molar-refractivity contribution in [2.45, 2.75) is 0 Å². The second-order valence-corrected chi connectivity index (χ2v) is 12.2. The third kappa shape index (κ3) is 3.98. The van der Waals surface area contributed by atoms with Crippen molar-refractivity contribution in [1.29, 1.82) is 0 Å². The van der Waals surface area contributed by atoms with Gasteiger partial charge in [0.05, 0.1) is 10.6 Å². The molecule has 0 unspecified atom stereocenters. The predicted molar refractivity (Wildman–Crippen MR) is 187 cm³/mol. The third-order valence-corrected chi connectivity index (χ3v) is 9.77. The van der Waals surface area contributed by atoms with E-state index in [1.165, 1.54) is 48.7 Å². The van der Waals surface area contributed by atoms with Crippen molar-refractivity contribution < 1.29 is 0 Å². The number of hydrogen-bond donors (Lipinski definition) is 0. The molecule has 1 aliphatic rings. The first-order valence-electron chi connectivity index (χ1n) is 14.9. The molecule has 7 aromatic carbocycles. The van der Waals surface area contributed by atoms with Gasteiger partial charge in [0, 0.05) is 39.1 Å². The second-order valence-electron chi connectivity index (χ2n) is 11.2. The second kappa shape index (κ2) is 10.0. The van der Waals surface area contributed by atoms with E-state index in [0.29, 0.717) is 0 Å². The van der Waals surface area contributed by atoms with E-state index >= 15 is 0 Å². The summed E-state index contributed by atoms with van der Waals surface area (Å²) in [5, 5.41) is 6.26. The molecule has 1 aromatic heterocycles. The summed E-state index contributed by atoms with van der Waals surface area (Å²) in [6.07, 6.45) is 0. The minimum atomic E-state index is 1.05. The maximum atomic E-state index is 5.24. The van der Waals surface area contributed by atoms with Crippen molar-refractivity contribution in [3.05, 3.63) is 158 Å². The lowest BCUT2D eigenvalue weighted by atomic mass is 9.97. The average Bonchev–Trinajstić information content (AvgIpc) is 3.66. The summed E-state index contributed by atoms with van der Waals surface area (Å²) < 4.78 is 0. The van der Waals surface area contributed by atoms with Crippen molar-refractivity contribution >= 4 is 49.9 Å². The number of fused-ring (bicyclic) bond motifs is 5. The van der Waals surface area contributed by atoms with Crippen molar-refractivity contribution in [1.82, 2.24) is 4.98 Å². The first kappa shape index (κ1) is 25.0. The number of para-hydroxylation sites is 1. The van der Waals surface area contributed by atoms with Crippen LogP contribution in [0.1, 0.15) is 0 Å². The molecule has 3 heteroatoms. The van der Waals surface area contributed by atoms with Crippen LogP contribution in [0.3, 0.4) is 0 Å². The molecule has 0 atom stereocenters. The fraction of sp³-hybridized carbons (Fsp3) is 0. The van der Waals surface area contributed by atoms with Gasteiger partial charge in [0.15, 0.2) is 0 Å². The van der Waals surface area contributed by atoms with Gasteiger partial charge in [-0.3, -0.25) is 0 Å². The number of benzene rings is 7. The number of nitrogens with zero attached hydrogens (tertiary/aromatic N) is 2. The Morgan fingerprint density at radius 2 is 1.05 bits per heavy atom. The topological polar surface area (TPSA) is 16.1 Å². The number of rotatable bonds is 5. The highest BCUT2D eigenvalue weighted by molar-refractivity contribution is 7.19. The molecule has 8 aromatic rings. The van der Waals surface area contributed by atoms with Crippen LogP contribution in [0.4, 0.5) is 17.1 Å².